The van der Waals surface area contributed by atoms with Gasteiger partial charge >= 0.3 is 0 Å². The number of nitrogens with two attached hydrogens (primary N) is 1. The summed E-state index contributed by atoms with van der Waals surface area (Å²) in [5.74, 6) is 0.837. The molecule has 72 valence electrons. The predicted octanol–water partition coefficient (Wildman–Crippen LogP) is 2.74. The van der Waals surface area contributed by atoms with Crippen molar-refractivity contribution in [2.45, 2.75) is 6.92 Å². The first kappa shape index (κ1) is 8.88. The second-order valence-corrected chi connectivity index (χ2v) is 3.39. The Labute approximate surface area is 83.3 Å². The number of hydrogen-bond donors (Lipinski definition) is 1. The smallest absolute Gasteiger partial charge is 0.128 e. The normalized spacial score (nSPS) is 10.4. The molecule has 0 saturated heterocycles. The molecule has 2 aromatic rings. The third-order valence-corrected chi connectivity index (χ3v) is 2.42. The molecule has 2 rings (SSSR count). The number of ether oxygens (including phenoxy) is 1. The van der Waals surface area contributed by atoms with E-state index in [2.05, 4.69) is 13.0 Å². The van der Waals surface area contributed by atoms with E-state index >= 15 is 0 Å². The molecule has 14 heavy (non-hydrogen) atoms. The van der Waals surface area contributed by atoms with E-state index in [4.69, 9.17) is 10.5 Å². The number of methoxy groups -OCH3 is 1. The summed E-state index contributed by atoms with van der Waals surface area (Å²) in [7, 11) is 1.66. The van der Waals surface area contributed by atoms with E-state index in [9.17, 15) is 0 Å². The molecule has 2 N–H and O–H groups in total. The first-order valence-corrected chi connectivity index (χ1v) is 4.55. The van der Waals surface area contributed by atoms with E-state index in [1.165, 1.54) is 5.56 Å². The quantitative estimate of drug-likeness (QED) is 0.697. The van der Waals surface area contributed by atoms with Gasteiger partial charge in [-0.25, -0.2) is 0 Å². The number of fused-ring (bicyclic) bond motifs is 1. The first-order chi connectivity index (χ1) is 6.72. The number of benzene rings is 2. The topological polar surface area (TPSA) is 35.2 Å². The fourth-order valence-electron chi connectivity index (χ4n) is 1.69. The van der Waals surface area contributed by atoms with E-state index in [1.54, 1.807) is 7.11 Å². The highest BCUT2D eigenvalue weighted by Gasteiger charge is 2.03. The average molecular weight is 187 g/mol. The summed E-state index contributed by atoms with van der Waals surface area (Å²) in [6.07, 6.45) is 0. The highest BCUT2D eigenvalue weighted by Crippen LogP contribution is 2.30. The largest absolute Gasteiger partial charge is 0.496 e. The lowest BCUT2D eigenvalue weighted by Crippen LogP contribution is -1.91. The van der Waals surface area contributed by atoms with Crippen LogP contribution in [0.5, 0.6) is 5.75 Å². The average Bonchev–Trinajstić information content (AvgIpc) is 2.18. The van der Waals surface area contributed by atoms with Crippen molar-refractivity contribution in [1.82, 2.24) is 0 Å². The minimum atomic E-state index is 0.739. The van der Waals surface area contributed by atoms with Crippen molar-refractivity contribution >= 4 is 16.5 Å². The molecule has 0 saturated carbocycles. The lowest BCUT2D eigenvalue weighted by atomic mass is 10.0. The van der Waals surface area contributed by atoms with Gasteiger partial charge in [0, 0.05) is 17.1 Å². The molecule has 0 radical (unpaired) electrons. The summed E-state index contributed by atoms with van der Waals surface area (Å²) in [4.78, 5) is 0. The van der Waals surface area contributed by atoms with Crippen LogP contribution in [0.2, 0.25) is 0 Å². The van der Waals surface area contributed by atoms with Gasteiger partial charge < -0.3 is 10.5 Å². The van der Waals surface area contributed by atoms with Crippen molar-refractivity contribution in [3.05, 3.63) is 35.9 Å². The zero-order valence-corrected chi connectivity index (χ0v) is 8.37. The number of rotatable bonds is 1. The van der Waals surface area contributed by atoms with Crippen molar-refractivity contribution in [2.24, 2.45) is 0 Å². The van der Waals surface area contributed by atoms with Crippen molar-refractivity contribution in [2.75, 3.05) is 12.8 Å². The predicted molar refractivity (Wildman–Crippen MR) is 59.6 cm³/mol. The zero-order chi connectivity index (χ0) is 10.1. The maximum atomic E-state index is 5.79. The standard InChI is InChI=1S/C12H13NO/c1-8-4-3-5-10-11(8)6-9(13)7-12(10)14-2/h3-7H,13H2,1-2H3. The highest BCUT2D eigenvalue weighted by molar-refractivity contribution is 5.93. The molecule has 2 aromatic carbocycles. The van der Waals surface area contributed by atoms with Crippen LogP contribution in [0.15, 0.2) is 30.3 Å². The second kappa shape index (κ2) is 3.22. The van der Waals surface area contributed by atoms with Crippen LogP contribution in [0, 0.1) is 6.92 Å². The summed E-state index contributed by atoms with van der Waals surface area (Å²) in [6, 6.07) is 9.97. The number of hydrogen-bond acceptors (Lipinski definition) is 2. The molecular weight excluding hydrogens is 174 g/mol. The maximum Gasteiger partial charge on any atom is 0.128 e. The SMILES string of the molecule is COc1cc(N)cc2c(C)cccc12. The number of aryl methyl sites for hydroxylation is 1. The number of nitrogen functional groups attached to an aromatic ring is 1. The molecule has 0 bridgehead atoms. The van der Waals surface area contributed by atoms with Crippen LogP contribution in [0.3, 0.4) is 0 Å². The Kier molecular flexibility index (Phi) is 2.04. The van der Waals surface area contributed by atoms with Crippen LogP contribution < -0.4 is 10.5 Å². The van der Waals surface area contributed by atoms with E-state index in [0.29, 0.717) is 0 Å². The Morgan fingerprint density at radius 3 is 2.64 bits per heavy atom. The monoisotopic (exact) mass is 187 g/mol. The molecule has 0 fully saturated rings. The van der Waals surface area contributed by atoms with Crippen LogP contribution in [0.4, 0.5) is 5.69 Å². The second-order valence-electron chi connectivity index (χ2n) is 3.39. The minimum absolute atomic E-state index is 0.739. The Bertz CT molecular complexity index is 477. The first-order valence-electron chi connectivity index (χ1n) is 4.55. The van der Waals surface area contributed by atoms with Gasteiger partial charge in [0.15, 0.2) is 0 Å². The van der Waals surface area contributed by atoms with Crippen molar-refractivity contribution < 1.29 is 4.74 Å². The van der Waals surface area contributed by atoms with Crippen LogP contribution in [0.1, 0.15) is 5.56 Å². The molecule has 0 aliphatic heterocycles. The van der Waals surface area contributed by atoms with Crippen LogP contribution >= 0.6 is 0 Å². The molecule has 0 spiro atoms. The summed E-state index contributed by atoms with van der Waals surface area (Å²) < 4.78 is 5.28. The van der Waals surface area contributed by atoms with Crippen LogP contribution in [-0.4, -0.2) is 7.11 Å². The Morgan fingerprint density at radius 2 is 1.93 bits per heavy atom. The fourth-order valence-corrected chi connectivity index (χ4v) is 1.69. The summed E-state index contributed by atoms with van der Waals surface area (Å²) >= 11 is 0. The van der Waals surface area contributed by atoms with Gasteiger partial charge in [-0.1, -0.05) is 18.2 Å². The molecule has 0 amide bonds. The molecule has 0 heterocycles. The van der Waals surface area contributed by atoms with Crippen molar-refractivity contribution in [3.8, 4) is 5.75 Å². The van der Waals surface area contributed by atoms with Gasteiger partial charge in [0.25, 0.3) is 0 Å². The van der Waals surface area contributed by atoms with Gasteiger partial charge in [-0.15, -0.1) is 0 Å². The van der Waals surface area contributed by atoms with Gasteiger partial charge in [-0.3, -0.25) is 0 Å². The van der Waals surface area contributed by atoms with Crippen molar-refractivity contribution in [1.29, 1.82) is 0 Å². The van der Waals surface area contributed by atoms with Crippen molar-refractivity contribution in [3.63, 3.8) is 0 Å². The maximum absolute atomic E-state index is 5.79. The molecule has 0 atom stereocenters. The zero-order valence-electron chi connectivity index (χ0n) is 8.37. The van der Waals surface area contributed by atoms with Crippen LogP contribution in [-0.2, 0) is 0 Å². The third kappa shape index (κ3) is 1.29. The lowest BCUT2D eigenvalue weighted by molar-refractivity contribution is 0.420. The lowest BCUT2D eigenvalue weighted by Gasteiger charge is -2.08. The third-order valence-electron chi connectivity index (χ3n) is 2.42. The molecule has 0 aliphatic rings. The van der Waals surface area contributed by atoms with Gasteiger partial charge in [0.1, 0.15) is 5.75 Å². The van der Waals surface area contributed by atoms with Gasteiger partial charge in [-0.05, 0) is 23.9 Å². The Morgan fingerprint density at radius 1 is 1.14 bits per heavy atom. The minimum Gasteiger partial charge on any atom is -0.496 e. The van der Waals surface area contributed by atoms with E-state index in [0.717, 1.165) is 22.2 Å². The molecule has 2 heteroatoms. The molecule has 0 aromatic heterocycles. The molecule has 2 nitrogen and oxygen atoms in total. The fraction of sp³-hybridized carbons (Fsp3) is 0.167. The van der Waals surface area contributed by atoms with E-state index in [1.807, 2.05) is 24.3 Å². The highest BCUT2D eigenvalue weighted by atomic mass is 16.5. The summed E-state index contributed by atoms with van der Waals surface area (Å²) in [5.41, 5.74) is 7.74. The summed E-state index contributed by atoms with van der Waals surface area (Å²) in [6.45, 7) is 2.07. The van der Waals surface area contributed by atoms with Gasteiger partial charge in [0.05, 0.1) is 7.11 Å². The summed E-state index contributed by atoms with van der Waals surface area (Å²) in [5, 5.41) is 2.27. The van der Waals surface area contributed by atoms with Crippen LogP contribution in [0.25, 0.3) is 10.8 Å². The molecule has 0 unspecified atom stereocenters. The number of anilines is 1. The van der Waals surface area contributed by atoms with E-state index < -0.39 is 0 Å². The molecule has 0 aliphatic carbocycles. The van der Waals surface area contributed by atoms with Gasteiger partial charge in [-0.2, -0.15) is 0 Å². The van der Waals surface area contributed by atoms with E-state index in [-0.39, 0.29) is 0 Å². The van der Waals surface area contributed by atoms with Gasteiger partial charge in [0.2, 0.25) is 0 Å². The molecular formula is C12H13NO. The Hall–Kier alpha value is -1.70. The Balaban J connectivity index is 2.87.